The molecule has 7 heteroatoms. The fraction of sp³-hybridized carbons (Fsp3) is 0.474. The summed E-state index contributed by atoms with van der Waals surface area (Å²) in [6, 6.07) is 8.63. The van der Waals surface area contributed by atoms with Gasteiger partial charge in [0, 0.05) is 31.6 Å². The number of hydrazone groups is 1. The number of nitrogens with one attached hydrogen (secondary N) is 1. The first-order valence-electron chi connectivity index (χ1n) is 8.98. The number of carbonyl (C=O) groups is 2. The van der Waals surface area contributed by atoms with E-state index in [1.54, 1.807) is 24.3 Å². The molecule has 3 rings (SSSR count). The molecule has 0 aliphatic carbocycles. The van der Waals surface area contributed by atoms with Crippen molar-refractivity contribution < 1.29 is 9.59 Å². The van der Waals surface area contributed by atoms with Crippen LogP contribution in [0.2, 0.25) is 0 Å². The molecule has 2 aliphatic heterocycles. The lowest BCUT2D eigenvalue weighted by Crippen LogP contribution is -2.44. The molecule has 26 heavy (non-hydrogen) atoms. The number of hydrogen-bond donors (Lipinski definition) is 1. The molecule has 0 saturated carbocycles. The molecule has 0 bridgehead atoms. The SMILES string of the molecule is CC1CCN(C2=NN(CC(=O)Nc3ccc(C#N)cc3)C(=O)CC2)CC1. The van der Waals surface area contributed by atoms with E-state index in [0.717, 1.165) is 37.7 Å². The molecule has 2 aliphatic rings. The fourth-order valence-electron chi connectivity index (χ4n) is 3.17. The summed E-state index contributed by atoms with van der Waals surface area (Å²) in [6.45, 7) is 4.06. The van der Waals surface area contributed by atoms with Crippen LogP contribution in [0.25, 0.3) is 0 Å². The van der Waals surface area contributed by atoms with Gasteiger partial charge in [0.15, 0.2) is 0 Å². The number of nitrogens with zero attached hydrogens (tertiary/aromatic N) is 4. The van der Waals surface area contributed by atoms with E-state index in [0.29, 0.717) is 24.1 Å². The van der Waals surface area contributed by atoms with Crippen molar-refractivity contribution in [3.05, 3.63) is 29.8 Å². The Morgan fingerprint density at radius 2 is 1.96 bits per heavy atom. The highest BCUT2D eigenvalue weighted by atomic mass is 16.2. The summed E-state index contributed by atoms with van der Waals surface area (Å²) in [4.78, 5) is 26.6. The van der Waals surface area contributed by atoms with Gasteiger partial charge in [-0.05, 0) is 43.0 Å². The first-order chi connectivity index (χ1) is 12.5. The minimum Gasteiger partial charge on any atom is -0.359 e. The van der Waals surface area contributed by atoms with Crippen molar-refractivity contribution in [2.75, 3.05) is 25.0 Å². The first-order valence-corrected chi connectivity index (χ1v) is 8.98. The topological polar surface area (TPSA) is 88.8 Å². The van der Waals surface area contributed by atoms with E-state index in [1.807, 2.05) is 6.07 Å². The third-order valence-corrected chi connectivity index (χ3v) is 4.83. The van der Waals surface area contributed by atoms with Crippen LogP contribution in [0.3, 0.4) is 0 Å². The summed E-state index contributed by atoms with van der Waals surface area (Å²) in [7, 11) is 0. The smallest absolute Gasteiger partial charge is 0.246 e. The average Bonchev–Trinajstić information content (AvgIpc) is 2.65. The van der Waals surface area contributed by atoms with Crippen LogP contribution in [-0.2, 0) is 9.59 Å². The number of nitriles is 1. The number of hydrogen-bond acceptors (Lipinski definition) is 5. The highest BCUT2D eigenvalue weighted by molar-refractivity contribution is 5.97. The van der Waals surface area contributed by atoms with Crippen molar-refractivity contribution in [1.82, 2.24) is 9.91 Å². The maximum atomic E-state index is 12.3. The van der Waals surface area contributed by atoms with E-state index < -0.39 is 0 Å². The highest BCUT2D eigenvalue weighted by Crippen LogP contribution is 2.20. The molecule has 7 nitrogen and oxygen atoms in total. The standard InChI is InChI=1S/C19H23N5O2/c1-14-8-10-23(11-9-14)17-6-7-19(26)24(22-17)13-18(25)21-16-4-2-15(12-20)3-5-16/h2-5,14H,6-11,13H2,1H3,(H,21,25). The Hall–Kier alpha value is -2.88. The van der Waals surface area contributed by atoms with E-state index in [1.165, 1.54) is 5.01 Å². The predicted octanol–water partition coefficient (Wildman–Crippen LogP) is 2.16. The molecule has 1 aromatic rings. The molecule has 2 amide bonds. The number of likely N-dealkylation sites (tertiary alicyclic amines) is 1. The second-order valence-electron chi connectivity index (χ2n) is 6.87. The normalized spacial score (nSPS) is 18.3. The number of benzene rings is 1. The van der Waals surface area contributed by atoms with E-state index in [4.69, 9.17) is 5.26 Å². The van der Waals surface area contributed by atoms with Gasteiger partial charge in [0.2, 0.25) is 11.8 Å². The second-order valence-corrected chi connectivity index (χ2v) is 6.87. The fourth-order valence-corrected chi connectivity index (χ4v) is 3.17. The van der Waals surface area contributed by atoms with Crippen LogP contribution in [0.15, 0.2) is 29.4 Å². The molecule has 136 valence electrons. The van der Waals surface area contributed by atoms with Crippen molar-refractivity contribution in [2.45, 2.75) is 32.6 Å². The van der Waals surface area contributed by atoms with Crippen LogP contribution in [0, 0.1) is 17.2 Å². The zero-order valence-corrected chi connectivity index (χ0v) is 14.9. The Bertz CT molecular complexity index is 742. The summed E-state index contributed by atoms with van der Waals surface area (Å²) in [5, 5.41) is 17.3. The van der Waals surface area contributed by atoms with Crippen LogP contribution >= 0.6 is 0 Å². The van der Waals surface area contributed by atoms with Gasteiger partial charge in [0.25, 0.3) is 0 Å². The number of anilines is 1. The zero-order valence-electron chi connectivity index (χ0n) is 14.9. The van der Waals surface area contributed by atoms with Gasteiger partial charge in [-0.1, -0.05) is 6.92 Å². The molecular weight excluding hydrogens is 330 g/mol. The third-order valence-electron chi connectivity index (χ3n) is 4.83. The first kappa shape index (κ1) is 17.9. The molecule has 1 N–H and O–H groups in total. The van der Waals surface area contributed by atoms with Gasteiger partial charge >= 0.3 is 0 Å². The minimum absolute atomic E-state index is 0.105. The van der Waals surface area contributed by atoms with Gasteiger partial charge in [0.05, 0.1) is 11.6 Å². The van der Waals surface area contributed by atoms with E-state index in [2.05, 4.69) is 22.2 Å². The molecule has 0 unspecified atom stereocenters. The number of amidine groups is 1. The van der Waals surface area contributed by atoms with Gasteiger partial charge < -0.3 is 10.2 Å². The Kier molecular flexibility index (Phi) is 5.52. The van der Waals surface area contributed by atoms with Gasteiger partial charge in [-0.2, -0.15) is 10.4 Å². The molecule has 2 heterocycles. The van der Waals surface area contributed by atoms with Crippen molar-refractivity contribution in [3.8, 4) is 6.07 Å². The molecule has 0 aromatic heterocycles. The van der Waals surface area contributed by atoms with Crippen molar-refractivity contribution >= 4 is 23.3 Å². The maximum Gasteiger partial charge on any atom is 0.246 e. The molecule has 1 saturated heterocycles. The summed E-state index contributed by atoms with van der Waals surface area (Å²) >= 11 is 0. The number of amides is 2. The summed E-state index contributed by atoms with van der Waals surface area (Å²) in [5.41, 5.74) is 1.12. The summed E-state index contributed by atoms with van der Waals surface area (Å²) in [5.74, 6) is 1.20. The predicted molar refractivity (Wildman–Crippen MR) is 98.1 cm³/mol. The monoisotopic (exact) mass is 353 g/mol. The molecule has 1 fully saturated rings. The number of carbonyl (C=O) groups excluding carboxylic acids is 2. The quantitative estimate of drug-likeness (QED) is 0.902. The van der Waals surface area contributed by atoms with Gasteiger partial charge in [-0.15, -0.1) is 0 Å². The molecule has 0 spiro atoms. The maximum absolute atomic E-state index is 12.3. The lowest BCUT2D eigenvalue weighted by molar-refractivity contribution is -0.135. The molecule has 0 radical (unpaired) electrons. The highest BCUT2D eigenvalue weighted by Gasteiger charge is 2.27. The van der Waals surface area contributed by atoms with Crippen LogP contribution in [0.4, 0.5) is 5.69 Å². The van der Waals surface area contributed by atoms with Crippen LogP contribution in [-0.4, -0.2) is 47.2 Å². The van der Waals surface area contributed by atoms with Crippen LogP contribution in [0.1, 0.15) is 38.2 Å². The number of piperidine rings is 1. The van der Waals surface area contributed by atoms with Gasteiger partial charge in [-0.3, -0.25) is 9.59 Å². The third kappa shape index (κ3) is 4.39. The van der Waals surface area contributed by atoms with Gasteiger partial charge in [0.1, 0.15) is 12.4 Å². The van der Waals surface area contributed by atoms with E-state index >= 15 is 0 Å². The Labute approximate surface area is 153 Å². The number of rotatable bonds is 3. The molecular formula is C19H23N5O2. The summed E-state index contributed by atoms with van der Waals surface area (Å²) in [6.07, 6.45) is 3.29. The Morgan fingerprint density at radius 1 is 1.27 bits per heavy atom. The molecule has 0 atom stereocenters. The molecule has 1 aromatic carbocycles. The largest absolute Gasteiger partial charge is 0.359 e. The summed E-state index contributed by atoms with van der Waals surface area (Å²) < 4.78 is 0. The van der Waals surface area contributed by atoms with E-state index in [-0.39, 0.29) is 18.4 Å². The van der Waals surface area contributed by atoms with Gasteiger partial charge in [-0.25, -0.2) is 5.01 Å². The van der Waals surface area contributed by atoms with Crippen molar-refractivity contribution in [1.29, 1.82) is 5.26 Å². The van der Waals surface area contributed by atoms with Crippen LogP contribution in [0.5, 0.6) is 0 Å². The van der Waals surface area contributed by atoms with Crippen molar-refractivity contribution in [3.63, 3.8) is 0 Å². The van der Waals surface area contributed by atoms with Crippen molar-refractivity contribution in [2.24, 2.45) is 11.0 Å². The lowest BCUT2D eigenvalue weighted by atomic mass is 9.99. The average molecular weight is 353 g/mol. The minimum atomic E-state index is -0.305. The second kappa shape index (κ2) is 8.00. The lowest BCUT2D eigenvalue weighted by Gasteiger charge is -2.35. The Balaban J connectivity index is 1.61. The zero-order chi connectivity index (χ0) is 18.5. The van der Waals surface area contributed by atoms with Crippen LogP contribution < -0.4 is 5.32 Å². The Morgan fingerprint density at radius 3 is 2.62 bits per heavy atom. The van der Waals surface area contributed by atoms with E-state index in [9.17, 15) is 9.59 Å².